The predicted octanol–water partition coefficient (Wildman–Crippen LogP) is 4.61. The average Bonchev–Trinajstić information content (AvgIpc) is 2.75. The number of fused-ring (bicyclic) bond motifs is 3. The molecular weight excluding hydrogens is 386 g/mol. The minimum atomic E-state index is -0.636. The molecule has 0 saturated carbocycles. The molecule has 30 heavy (non-hydrogen) atoms. The first-order chi connectivity index (χ1) is 14.5. The summed E-state index contributed by atoms with van der Waals surface area (Å²) in [7, 11) is 0. The first-order valence-corrected chi connectivity index (χ1v) is 9.05. The summed E-state index contributed by atoms with van der Waals surface area (Å²) in [6.07, 6.45) is 2.62. The molecule has 4 rings (SSSR count). The van der Waals surface area contributed by atoms with E-state index in [9.17, 15) is 19.7 Å². The molecule has 0 N–H and O–H groups in total. The van der Waals surface area contributed by atoms with Gasteiger partial charge in [-0.25, -0.2) is 9.59 Å². The van der Waals surface area contributed by atoms with Crippen molar-refractivity contribution in [2.24, 2.45) is 0 Å². The van der Waals surface area contributed by atoms with Gasteiger partial charge in [-0.1, -0.05) is 42.5 Å². The van der Waals surface area contributed by atoms with E-state index in [1.165, 1.54) is 36.4 Å². The van der Waals surface area contributed by atoms with Gasteiger partial charge in [-0.05, 0) is 28.5 Å². The fraction of sp³-hybridized carbons (Fsp3) is 0.0435. The minimum Gasteiger partial charge on any atom is -0.458 e. The Balaban J connectivity index is 1.58. The van der Waals surface area contributed by atoms with E-state index < -0.39 is 16.5 Å². The van der Waals surface area contributed by atoms with Crippen LogP contribution in [-0.4, -0.2) is 10.9 Å². The molecule has 0 aliphatic heterocycles. The summed E-state index contributed by atoms with van der Waals surface area (Å²) >= 11 is 0. The second-order valence-corrected chi connectivity index (χ2v) is 6.54. The third-order valence-corrected chi connectivity index (χ3v) is 4.58. The van der Waals surface area contributed by atoms with Crippen LogP contribution in [0.1, 0.15) is 11.1 Å². The molecule has 3 aromatic carbocycles. The molecule has 0 fully saturated rings. The summed E-state index contributed by atoms with van der Waals surface area (Å²) in [5, 5.41) is 13.4. The summed E-state index contributed by atoms with van der Waals surface area (Å²) in [5.41, 5.74) is 0.850. The van der Waals surface area contributed by atoms with E-state index in [4.69, 9.17) is 9.15 Å². The van der Waals surface area contributed by atoms with Crippen LogP contribution in [0.15, 0.2) is 82.0 Å². The van der Waals surface area contributed by atoms with Crippen LogP contribution < -0.4 is 5.63 Å². The zero-order valence-electron chi connectivity index (χ0n) is 15.6. The van der Waals surface area contributed by atoms with E-state index in [2.05, 4.69) is 0 Å². The van der Waals surface area contributed by atoms with Crippen molar-refractivity contribution in [3.05, 3.63) is 104 Å². The van der Waals surface area contributed by atoms with Crippen molar-refractivity contribution in [1.82, 2.24) is 0 Å². The first kappa shape index (κ1) is 19.1. The third-order valence-electron chi connectivity index (χ3n) is 4.58. The minimum absolute atomic E-state index is 0.0696. The number of carbonyl (C=O) groups is 1. The number of rotatable bonds is 5. The van der Waals surface area contributed by atoms with Crippen molar-refractivity contribution in [2.75, 3.05) is 0 Å². The number of nitro groups is 1. The van der Waals surface area contributed by atoms with Crippen molar-refractivity contribution < 1.29 is 18.9 Å². The molecule has 4 aromatic rings. The Morgan fingerprint density at radius 3 is 2.73 bits per heavy atom. The van der Waals surface area contributed by atoms with Crippen molar-refractivity contribution >= 4 is 39.5 Å². The zero-order chi connectivity index (χ0) is 21.1. The van der Waals surface area contributed by atoms with Gasteiger partial charge in [0.25, 0.3) is 5.69 Å². The maximum Gasteiger partial charge on any atom is 0.336 e. The largest absolute Gasteiger partial charge is 0.458 e. The molecule has 0 unspecified atom stereocenters. The SMILES string of the molecule is O=C(/C=C/c1cccc([N+](=O)[O-])c1)OCc1cc(=O)oc2ccc3ccccc3c12. The topological polar surface area (TPSA) is 99.6 Å². The number of hydrogen-bond acceptors (Lipinski definition) is 6. The number of esters is 1. The van der Waals surface area contributed by atoms with Gasteiger partial charge in [-0.15, -0.1) is 0 Å². The normalized spacial score (nSPS) is 11.2. The number of nitrogens with zero attached hydrogens (tertiary/aromatic N) is 1. The van der Waals surface area contributed by atoms with E-state index in [0.717, 1.165) is 10.8 Å². The predicted molar refractivity (Wildman–Crippen MR) is 112 cm³/mol. The number of benzene rings is 3. The molecule has 0 spiro atoms. The van der Waals surface area contributed by atoms with Crippen LogP contribution >= 0.6 is 0 Å². The summed E-state index contributed by atoms with van der Waals surface area (Å²) < 4.78 is 10.6. The Hall–Kier alpha value is -4.26. The molecule has 1 heterocycles. The fourth-order valence-electron chi connectivity index (χ4n) is 3.24. The van der Waals surface area contributed by atoms with Gasteiger partial charge in [0.2, 0.25) is 0 Å². The van der Waals surface area contributed by atoms with Crippen molar-refractivity contribution in [3.8, 4) is 0 Å². The molecule has 1 aromatic heterocycles. The monoisotopic (exact) mass is 401 g/mol. The van der Waals surface area contributed by atoms with E-state index in [1.807, 2.05) is 30.3 Å². The van der Waals surface area contributed by atoms with E-state index in [1.54, 1.807) is 12.1 Å². The van der Waals surface area contributed by atoms with Gasteiger partial charge in [-0.3, -0.25) is 10.1 Å². The number of non-ortho nitro benzene ring substituents is 1. The van der Waals surface area contributed by atoms with Crippen molar-refractivity contribution in [1.29, 1.82) is 0 Å². The van der Waals surface area contributed by atoms with Crippen LogP contribution in [0.2, 0.25) is 0 Å². The van der Waals surface area contributed by atoms with E-state index >= 15 is 0 Å². The molecule has 0 aliphatic rings. The number of carbonyl (C=O) groups excluding carboxylic acids is 1. The van der Waals surface area contributed by atoms with Crippen LogP contribution in [0.4, 0.5) is 5.69 Å². The Morgan fingerprint density at radius 1 is 1.07 bits per heavy atom. The van der Waals surface area contributed by atoms with Crippen LogP contribution in [0.5, 0.6) is 0 Å². The molecule has 0 bridgehead atoms. The fourth-order valence-corrected chi connectivity index (χ4v) is 3.24. The first-order valence-electron chi connectivity index (χ1n) is 9.05. The van der Waals surface area contributed by atoms with Gasteiger partial charge in [0.1, 0.15) is 12.2 Å². The molecule has 0 aliphatic carbocycles. The van der Waals surface area contributed by atoms with Gasteiger partial charge < -0.3 is 9.15 Å². The highest BCUT2D eigenvalue weighted by Crippen LogP contribution is 2.27. The molecule has 148 valence electrons. The van der Waals surface area contributed by atoms with Gasteiger partial charge in [0, 0.05) is 35.2 Å². The van der Waals surface area contributed by atoms with Crippen LogP contribution in [0.3, 0.4) is 0 Å². The van der Waals surface area contributed by atoms with Gasteiger partial charge in [-0.2, -0.15) is 0 Å². The number of ether oxygens (including phenoxy) is 1. The van der Waals surface area contributed by atoms with Crippen LogP contribution in [-0.2, 0) is 16.1 Å². The van der Waals surface area contributed by atoms with Gasteiger partial charge in [0.15, 0.2) is 0 Å². The Kier molecular flexibility index (Phi) is 5.09. The second-order valence-electron chi connectivity index (χ2n) is 6.54. The molecule has 0 amide bonds. The van der Waals surface area contributed by atoms with Crippen molar-refractivity contribution in [3.63, 3.8) is 0 Å². The van der Waals surface area contributed by atoms with Crippen LogP contribution in [0.25, 0.3) is 27.8 Å². The lowest BCUT2D eigenvalue weighted by atomic mass is 10.0. The standard InChI is InChI=1S/C23H15NO6/c25-21(11-8-15-4-3-6-18(12-15)24(27)28)29-14-17-13-22(26)30-20-10-9-16-5-1-2-7-19(16)23(17)20/h1-13H,14H2/b11-8+. The van der Waals surface area contributed by atoms with E-state index in [0.29, 0.717) is 22.1 Å². The summed E-state index contributed by atoms with van der Waals surface area (Å²) in [6.45, 7) is -0.117. The Labute approximate surface area is 170 Å². The maximum absolute atomic E-state index is 12.1. The van der Waals surface area contributed by atoms with Gasteiger partial charge >= 0.3 is 11.6 Å². The summed E-state index contributed by atoms with van der Waals surface area (Å²) in [5.74, 6) is -0.636. The molecule has 0 atom stereocenters. The highest BCUT2D eigenvalue weighted by atomic mass is 16.6. The Bertz CT molecular complexity index is 1370. The van der Waals surface area contributed by atoms with Crippen LogP contribution in [0, 0.1) is 10.1 Å². The summed E-state index contributed by atoms with van der Waals surface area (Å²) in [6, 6.07) is 18.4. The summed E-state index contributed by atoms with van der Waals surface area (Å²) in [4.78, 5) is 34.4. The smallest absolute Gasteiger partial charge is 0.336 e. The molecular formula is C23H15NO6. The quantitative estimate of drug-likeness (QED) is 0.121. The van der Waals surface area contributed by atoms with Gasteiger partial charge in [0.05, 0.1) is 4.92 Å². The highest BCUT2D eigenvalue weighted by Gasteiger charge is 2.11. The lowest BCUT2D eigenvalue weighted by molar-refractivity contribution is -0.384. The number of hydrogen-bond donors (Lipinski definition) is 0. The second kappa shape index (κ2) is 8.00. The number of nitro benzene ring substituents is 1. The lowest BCUT2D eigenvalue weighted by Gasteiger charge is -2.08. The highest BCUT2D eigenvalue weighted by molar-refractivity contribution is 6.07. The average molecular weight is 401 g/mol. The molecule has 0 radical (unpaired) electrons. The third kappa shape index (κ3) is 3.95. The van der Waals surface area contributed by atoms with Crippen molar-refractivity contribution in [2.45, 2.75) is 6.61 Å². The zero-order valence-corrected chi connectivity index (χ0v) is 15.6. The Morgan fingerprint density at radius 2 is 1.90 bits per heavy atom. The molecule has 0 saturated heterocycles. The van der Waals surface area contributed by atoms with E-state index in [-0.39, 0.29) is 12.3 Å². The maximum atomic E-state index is 12.1. The lowest BCUT2D eigenvalue weighted by Crippen LogP contribution is -2.06. The molecule has 7 heteroatoms. The molecule has 7 nitrogen and oxygen atoms in total.